The van der Waals surface area contributed by atoms with Crippen molar-refractivity contribution in [1.82, 2.24) is 0 Å². The number of hydrogen-bond acceptors (Lipinski definition) is 2. The average molecular weight is 853 g/mol. The number of hydrogen-bond donors (Lipinski definition) is 0. The van der Waals surface area contributed by atoms with Gasteiger partial charge in [-0.1, -0.05) is 182 Å². The molecule has 0 aliphatic heterocycles. The van der Waals surface area contributed by atoms with Crippen molar-refractivity contribution in [2.45, 2.75) is 13.8 Å². The monoisotopic (exact) mass is 853 g/mol. The SMILES string of the molecule is CC#N.CC#N.[CH-]=C.[CH-]=C.[Ir+3].c1ccc(P(c2ccccc2)c2ccccc2)cc1.c1ccc(P(c2ccccc2)c2ccccc2)cc1. The third-order valence-corrected chi connectivity index (χ3v) is 11.0. The summed E-state index contributed by atoms with van der Waals surface area (Å²) in [6, 6.07) is 68.2. The van der Waals surface area contributed by atoms with Gasteiger partial charge in [0.05, 0.1) is 12.1 Å². The summed E-state index contributed by atoms with van der Waals surface area (Å²) in [6.07, 6.45) is 0. The molecule has 0 saturated heterocycles. The molecule has 0 fully saturated rings. The zero-order valence-electron chi connectivity index (χ0n) is 28.0. The van der Waals surface area contributed by atoms with Crippen molar-refractivity contribution in [2.75, 3.05) is 0 Å². The van der Waals surface area contributed by atoms with Gasteiger partial charge >= 0.3 is 20.1 Å². The van der Waals surface area contributed by atoms with Gasteiger partial charge in [0.1, 0.15) is 0 Å². The summed E-state index contributed by atoms with van der Waals surface area (Å²) in [5, 5.41) is 23.0. The van der Waals surface area contributed by atoms with E-state index < -0.39 is 15.8 Å². The van der Waals surface area contributed by atoms with Gasteiger partial charge in [0.15, 0.2) is 0 Å². The van der Waals surface area contributed by atoms with Crippen molar-refractivity contribution < 1.29 is 20.1 Å². The average Bonchev–Trinajstić information content (AvgIpc) is 3.17. The Morgan fingerprint density at radius 3 is 0.551 bits per heavy atom. The molecule has 0 heterocycles. The van der Waals surface area contributed by atoms with E-state index >= 15 is 0 Å². The first kappa shape index (κ1) is 44.3. The molecule has 0 unspecified atom stereocenters. The third kappa shape index (κ3) is 16.3. The van der Waals surface area contributed by atoms with Gasteiger partial charge < -0.3 is 13.2 Å². The molecular weight excluding hydrogens is 811 g/mol. The van der Waals surface area contributed by atoms with Gasteiger partial charge in [0.2, 0.25) is 0 Å². The Balaban J connectivity index is 0.000000734. The van der Waals surface area contributed by atoms with E-state index in [4.69, 9.17) is 10.5 Å². The van der Waals surface area contributed by atoms with Crippen LogP contribution in [0.15, 0.2) is 195 Å². The van der Waals surface area contributed by atoms with E-state index in [0.29, 0.717) is 0 Å². The van der Waals surface area contributed by atoms with Crippen LogP contribution in [0.2, 0.25) is 0 Å². The maximum Gasteiger partial charge on any atom is 3.00 e. The molecule has 0 saturated carbocycles. The van der Waals surface area contributed by atoms with Crippen molar-refractivity contribution in [3.05, 3.63) is 208 Å². The third-order valence-electron chi connectivity index (χ3n) is 6.09. The molecule has 0 aromatic heterocycles. The second-order valence-corrected chi connectivity index (χ2v) is 13.6. The van der Waals surface area contributed by atoms with E-state index in [1.54, 1.807) is 12.1 Å². The number of nitrogens with zero attached hydrogens (tertiary/aromatic N) is 2. The van der Waals surface area contributed by atoms with Crippen molar-refractivity contribution in [3.63, 3.8) is 0 Å². The number of benzene rings is 6. The van der Waals surface area contributed by atoms with Gasteiger partial charge in [0.25, 0.3) is 0 Å². The molecule has 6 rings (SSSR count). The summed E-state index contributed by atoms with van der Waals surface area (Å²) < 4.78 is 0. The second-order valence-electron chi connectivity index (χ2n) is 9.13. The standard InChI is InChI=1S/2C18H15P.2C2H3N.2C2H3.Ir/c2*1-4-10-16(11-5-1)19(17-12-6-2-7-13-17)18-14-8-3-9-15-18;2*1-2-3;2*1-2;/h2*1-15H;2*1H3;2*1H,2H2;/q;;;;2*-1;+3. The molecule has 6 aromatic rings. The van der Waals surface area contributed by atoms with Crippen molar-refractivity contribution in [1.29, 1.82) is 10.5 Å². The molecule has 0 bridgehead atoms. The molecule has 0 amide bonds. The largest absolute Gasteiger partial charge is 3.00 e. The van der Waals surface area contributed by atoms with Gasteiger partial charge in [0, 0.05) is 13.8 Å². The molecule has 246 valence electrons. The van der Waals surface area contributed by atoms with Crippen LogP contribution < -0.4 is 31.8 Å². The summed E-state index contributed by atoms with van der Waals surface area (Å²) in [5.41, 5.74) is 0. The fourth-order valence-corrected chi connectivity index (χ4v) is 8.97. The van der Waals surface area contributed by atoms with Crippen molar-refractivity contribution in [2.24, 2.45) is 0 Å². The molecule has 0 atom stereocenters. The van der Waals surface area contributed by atoms with E-state index in [1.165, 1.54) is 45.7 Å². The van der Waals surface area contributed by atoms with Crippen LogP contribution in [0.4, 0.5) is 0 Å². The fraction of sp³-hybridized carbons (Fsp3) is 0.0455. The Hall–Kier alpha value is -4.71. The molecule has 0 spiro atoms. The first-order valence-corrected chi connectivity index (χ1v) is 17.8. The van der Waals surface area contributed by atoms with E-state index in [1.807, 2.05) is 0 Å². The van der Waals surface area contributed by atoms with E-state index in [0.717, 1.165) is 0 Å². The minimum absolute atomic E-state index is 0. The van der Waals surface area contributed by atoms with Crippen molar-refractivity contribution in [3.8, 4) is 12.1 Å². The molecule has 0 aliphatic carbocycles. The topological polar surface area (TPSA) is 47.6 Å². The Bertz CT molecular complexity index is 1390. The molecule has 0 N–H and O–H groups in total. The van der Waals surface area contributed by atoms with Gasteiger partial charge in [-0.25, -0.2) is 0 Å². The number of rotatable bonds is 6. The molecule has 5 heteroatoms. The Kier molecular flexibility index (Phi) is 26.6. The molecule has 0 aliphatic rings. The summed E-state index contributed by atoms with van der Waals surface area (Å²) in [6.45, 7) is 16.9. The molecule has 2 nitrogen and oxygen atoms in total. The van der Waals surface area contributed by atoms with Crippen LogP contribution in [0.25, 0.3) is 0 Å². The molecular formula is C44H42IrN2P2+. The van der Waals surface area contributed by atoms with Crippen LogP contribution >= 0.6 is 15.8 Å². The fourth-order valence-electron chi connectivity index (χ4n) is 4.36. The van der Waals surface area contributed by atoms with Crippen LogP contribution in [-0.4, -0.2) is 0 Å². The summed E-state index contributed by atoms with van der Waals surface area (Å²) >= 11 is 0. The predicted molar refractivity (Wildman–Crippen MR) is 213 cm³/mol. The Morgan fingerprint density at radius 2 is 0.449 bits per heavy atom. The zero-order valence-corrected chi connectivity index (χ0v) is 32.2. The van der Waals surface area contributed by atoms with Crippen LogP contribution in [-0.2, 0) is 20.1 Å². The van der Waals surface area contributed by atoms with Gasteiger partial charge in [-0.3, -0.25) is 13.2 Å². The Morgan fingerprint density at radius 1 is 0.347 bits per heavy atom. The van der Waals surface area contributed by atoms with Gasteiger partial charge in [-0.05, 0) is 47.7 Å². The van der Waals surface area contributed by atoms with E-state index in [9.17, 15) is 0 Å². The van der Waals surface area contributed by atoms with Gasteiger partial charge in [-0.15, -0.1) is 0 Å². The first-order valence-electron chi connectivity index (χ1n) is 15.1. The van der Waals surface area contributed by atoms with E-state index in [2.05, 4.69) is 208 Å². The van der Waals surface area contributed by atoms with Crippen LogP contribution in [0, 0.1) is 35.8 Å². The molecule has 6 aromatic carbocycles. The van der Waals surface area contributed by atoms with Crippen molar-refractivity contribution >= 4 is 47.7 Å². The van der Waals surface area contributed by atoms with Crippen LogP contribution in [0.1, 0.15) is 13.8 Å². The molecule has 0 radical (unpaired) electrons. The smallest absolute Gasteiger partial charge is 0.521 e. The maximum absolute atomic E-state index is 7.32. The van der Waals surface area contributed by atoms with Gasteiger partial charge in [-0.2, -0.15) is 10.5 Å². The maximum atomic E-state index is 7.32. The zero-order chi connectivity index (χ0) is 35.2. The minimum atomic E-state index is -0.446. The summed E-state index contributed by atoms with van der Waals surface area (Å²) in [5.74, 6) is 0. The normalized spacial score (nSPS) is 8.69. The summed E-state index contributed by atoms with van der Waals surface area (Å²) in [4.78, 5) is 0. The van der Waals surface area contributed by atoms with Crippen LogP contribution in [0.3, 0.4) is 0 Å². The minimum Gasteiger partial charge on any atom is -0.521 e. The second kappa shape index (κ2) is 29.4. The quantitative estimate of drug-likeness (QED) is 0.124. The van der Waals surface area contributed by atoms with E-state index in [-0.39, 0.29) is 20.1 Å². The number of nitriles is 2. The predicted octanol–water partition coefficient (Wildman–Crippen LogP) is 9.16. The molecule has 49 heavy (non-hydrogen) atoms. The van der Waals surface area contributed by atoms with Crippen LogP contribution in [0.5, 0.6) is 0 Å². The Labute approximate surface area is 311 Å². The summed E-state index contributed by atoms with van der Waals surface area (Å²) in [7, 11) is -0.892. The first-order chi connectivity index (χ1) is 23.7.